The van der Waals surface area contributed by atoms with Crippen LogP contribution in [0.4, 0.5) is 18.9 Å². The minimum Gasteiger partial charge on any atom is -0.333 e. The zero-order chi connectivity index (χ0) is 17.8. The van der Waals surface area contributed by atoms with Gasteiger partial charge in [0.1, 0.15) is 0 Å². The Morgan fingerprint density at radius 2 is 1.91 bits per heavy atom. The van der Waals surface area contributed by atoms with Crippen LogP contribution in [0.5, 0.6) is 0 Å². The Morgan fingerprint density at radius 3 is 2.39 bits per heavy atom. The Labute approximate surface area is 137 Å². The third-order valence-corrected chi connectivity index (χ3v) is 3.25. The molecule has 0 unspecified atom stereocenters. The fourth-order valence-electron chi connectivity index (χ4n) is 1.94. The van der Waals surface area contributed by atoms with Crippen molar-refractivity contribution in [1.29, 1.82) is 0 Å². The van der Waals surface area contributed by atoms with Crippen LogP contribution in [0, 0.1) is 5.92 Å². The van der Waals surface area contributed by atoms with Gasteiger partial charge in [0.15, 0.2) is 0 Å². The average molecular weight is 351 g/mol. The van der Waals surface area contributed by atoms with Crippen molar-refractivity contribution < 1.29 is 22.8 Å². The maximum Gasteiger partial charge on any atom is 0.417 e. The van der Waals surface area contributed by atoms with E-state index >= 15 is 0 Å². The molecule has 23 heavy (non-hydrogen) atoms. The lowest BCUT2D eigenvalue weighted by Crippen LogP contribution is -2.38. The molecule has 0 aliphatic rings. The van der Waals surface area contributed by atoms with Gasteiger partial charge in [0.25, 0.3) is 0 Å². The van der Waals surface area contributed by atoms with E-state index < -0.39 is 22.7 Å². The van der Waals surface area contributed by atoms with E-state index in [0.717, 1.165) is 12.1 Å². The van der Waals surface area contributed by atoms with Crippen LogP contribution in [0.2, 0.25) is 5.02 Å². The van der Waals surface area contributed by atoms with E-state index in [0.29, 0.717) is 6.54 Å². The molecule has 0 saturated heterocycles. The minimum absolute atomic E-state index is 0.0280. The first-order chi connectivity index (χ1) is 10.5. The molecule has 0 spiro atoms. The minimum atomic E-state index is -4.61. The van der Waals surface area contributed by atoms with Gasteiger partial charge < -0.3 is 10.2 Å². The second kappa shape index (κ2) is 7.68. The van der Waals surface area contributed by atoms with Gasteiger partial charge >= 0.3 is 6.18 Å². The maximum atomic E-state index is 12.8. The number of nitrogens with zero attached hydrogens (tertiary/aromatic N) is 1. The van der Waals surface area contributed by atoms with Crippen molar-refractivity contribution in [3.05, 3.63) is 28.8 Å². The van der Waals surface area contributed by atoms with Gasteiger partial charge in [-0.3, -0.25) is 9.59 Å². The third kappa shape index (κ3) is 6.09. The van der Waals surface area contributed by atoms with Gasteiger partial charge in [-0.2, -0.15) is 13.2 Å². The highest BCUT2D eigenvalue weighted by atomic mass is 35.5. The van der Waals surface area contributed by atoms with Crippen molar-refractivity contribution in [2.75, 3.05) is 18.4 Å². The highest BCUT2D eigenvalue weighted by Crippen LogP contribution is 2.36. The number of hydrogen-bond acceptors (Lipinski definition) is 2. The molecule has 0 saturated carbocycles. The number of carbonyl (C=O) groups excluding carboxylic acids is 2. The Morgan fingerprint density at radius 1 is 1.30 bits per heavy atom. The van der Waals surface area contributed by atoms with E-state index in [2.05, 4.69) is 5.32 Å². The number of hydrogen-bond donors (Lipinski definition) is 1. The predicted molar refractivity (Wildman–Crippen MR) is 82.2 cm³/mol. The largest absolute Gasteiger partial charge is 0.417 e. The SMILES string of the molecule is CC(=O)N(CC(=O)Nc1ccc(Cl)c(C(F)(F)F)c1)CC(C)C. The Kier molecular flexibility index (Phi) is 6.44. The van der Waals surface area contributed by atoms with Crippen molar-refractivity contribution in [3.63, 3.8) is 0 Å². The van der Waals surface area contributed by atoms with Crippen molar-refractivity contribution in [2.24, 2.45) is 5.92 Å². The highest BCUT2D eigenvalue weighted by Gasteiger charge is 2.33. The van der Waals surface area contributed by atoms with Crippen LogP contribution in [-0.2, 0) is 15.8 Å². The van der Waals surface area contributed by atoms with Crippen molar-refractivity contribution in [1.82, 2.24) is 4.90 Å². The molecule has 8 heteroatoms. The second-order valence-corrected chi connectivity index (χ2v) is 5.94. The molecule has 128 valence electrons. The van der Waals surface area contributed by atoms with Gasteiger partial charge in [0.05, 0.1) is 17.1 Å². The molecule has 0 aliphatic carbocycles. The van der Waals surface area contributed by atoms with Crippen LogP contribution in [0.3, 0.4) is 0 Å². The molecular weight excluding hydrogens is 333 g/mol. The molecule has 0 fully saturated rings. The van der Waals surface area contributed by atoms with Crippen LogP contribution in [0.25, 0.3) is 0 Å². The van der Waals surface area contributed by atoms with E-state index in [1.165, 1.54) is 17.9 Å². The second-order valence-electron chi connectivity index (χ2n) is 5.53. The van der Waals surface area contributed by atoms with Gasteiger partial charge in [0.2, 0.25) is 11.8 Å². The van der Waals surface area contributed by atoms with E-state index in [4.69, 9.17) is 11.6 Å². The van der Waals surface area contributed by atoms with Crippen LogP contribution in [-0.4, -0.2) is 29.8 Å². The Bertz CT molecular complexity index is 589. The Balaban J connectivity index is 2.83. The summed E-state index contributed by atoms with van der Waals surface area (Å²) >= 11 is 5.51. The molecule has 0 heterocycles. The van der Waals surface area contributed by atoms with E-state index in [1.807, 2.05) is 13.8 Å². The molecule has 1 aromatic rings. The zero-order valence-electron chi connectivity index (χ0n) is 13.0. The monoisotopic (exact) mass is 350 g/mol. The molecule has 0 bridgehead atoms. The lowest BCUT2D eigenvalue weighted by molar-refractivity contribution is -0.137. The highest BCUT2D eigenvalue weighted by molar-refractivity contribution is 6.31. The topological polar surface area (TPSA) is 49.4 Å². The molecule has 4 nitrogen and oxygen atoms in total. The molecule has 0 atom stereocenters. The summed E-state index contributed by atoms with van der Waals surface area (Å²) in [5.74, 6) is -0.684. The van der Waals surface area contributed by atoms with Gasteiger partial charge in [0, 0.05) is 19.2 Å². The lowest BCUT2D eigenvalue weighted by atomic mass is 10.2. The van der Waals surface area contributed by atoms with Gasteiger partial charge in [-0.05, 0) is 24.1 Å². The molecule has 1 aromatic carbocycles. The number of alkyl halides is 3. The van der Waals surface area contributed by atoms with Crippen molar-refractivity contribution >= 4 is 29.1 Å². The molecule has 0 radical (unpaired) electrons. The first kappa shape index (κ1) is 19.3. The van der Waals surface area contributed by atoms with Crippen LogP contribution >= 0.6 is 11.6 Å². The Hall–Kier alpha value is -1.76. The predicted octanol–water partition coefficient (Wildman–Crippen LogP) is 3.80. The quantitative estimate of drug-likeness (QED) is 0.878. The summed E-state index contributed by atoms with van der Waals surface area (Å²) in [6.07, 6.45) is -4.61. The normalized spacial score (nSPS) is 11.5. The number of carbonyl (C=O) groups is 2. The number of rotatable bonds is 5. The first-order valence-electron chi connectivity index (χ1n) is 6.92. The van der Waals surface area contributed by atoms with Gasteiger partial charge in [-0.1, -0.05) is 25.4 Å². The number of nitrogens with one attached hydrogen (secondary N) is 1. The fourth-order valence-corrected chi connectivity index (χ4v) is 2.16. The molecule has 0 aromatic heterocycles. The van der Waals surface area contributed by atoms with Gasteiger partial charge in [-0.25, -0.2) is 0 Å². The van der Waals surface area contributed by atoms with E-state index in [9.17, 15) is 22.8 Å². The summed E-state index contributed by atoms with van der Waals surface area (Å²) < 4.78 is 38.3. The molecule has 0 aliphatic heterocycles. The van der Waals surface area contributed by atoms with Crippen LogP contribution in [0.1, 0.15) is 26.3 Å². The standard InChI is InChI=1S/C15H18ClF3N2O2/c1-9(2)7-21(10(3)22)8-14(23)20-11-4-5-13(16)12(6-11)15(17,18)19/h4-6,9H,7-8H2,1-3H3,(H,20,23). The number of amides is 2. The van der Waals surface area contributed by atoms with E-state index in [-0.39, 0.29) is 24.1 Å². The number of halogens is 4. The van der Waals surface area contributed by atoms with Gasteiger partial charge in [-0.15, -0.1) is 0 Å². The summed E-state index contributed by atoms with van der Waals surface area (Å²) in [7, 11) is 0. The third-order valence-electron chi connectivity index (χ3n) is 2.92. The smallest absolute Gasteiger partial charge is 0.333 e. The van der Waals surface area contributed by atoms with Crippen LogP contribution < -0.4 is 5.32 Å². The molecule has 2 amide bonds. The molecule has 1 rings (SSSR count). The average Bonchev–Trinajstić information content (AvgIpc) is 2.38. The van der Waals surface area contributed by atoms with Crippen molar-refractivity contribution in [3.8, 4) is 0 Å². The molecule has 1 N–H and O–H groups in total. The summed E-state index contributed by atoms with van der Waals surface area (Å²) in [6, 6.07) is 3.10. The molecular formula is C15H18ClF3N2O2. The number of anilines is 1. The summed E-state index contributed by atoms with van der Waals surface area (Å²) in [4.78, 5) is 24.7. The number of benzene rings is 1. The summed E-state index contributed by atoms with van der Waals surface area (Å²) in [5, 5.41) is 1.90. The lowest BCUT2D eigenvalue weighted by Gasteiger charge is -2.22. The zero-order valence-corrected chi connectivity index (χ0v) is 13.8. The first-order valence-corrected chi connectivity index (χ1v) is 7.30. The fraction of sp³-hybridized carbons (Fsp3) is 0.467. The summed E-state index contributed by atoms with van der Waals surface area (Å²) in [5.41, 5.74) is -1.05. The van der Waals surface area contributed by atoms with Crippen molar-refractivity contribution in [2.45, 2.75) is 26.9 Å². The van der Waals surface area contributed by atoms with Crippen LogP contribution in [0.15, 0.2) is 18.2 Å². The maximum absolute atomic E-state index is 12.8. The summed E-state index contributed by atoms with van der Waals surface area (Å²) in [6.45, 7) is 5.28. The van der Waals surface area contributed by atoms with E-state index in [1.54, 1.807) is 0 Å².